The Morgan fingerprint density at radius 2 is 1.89 bits per heavy atom. The lowest BCUT2D eigenvalue weighted by Gasteiger charge is -2.02. The van der Waals surface area contributed by atoms with Crippen molar-refractivity contribution in [3.63, 3.8) is 0 Å². The number of hydrogen-bond acceptors (Lipinski definition) is 3. The van der Waals surface area contributed by atoms with Gasteiger partial charge < -0.3 is 5.11 Å². The van der Waals surface area contributed by atoms with Gasteiger partial charge >= 0.3 is 0 Å². The highest BCUT2D eigenvalue weighted by molar-refractivity contribution is 7.86. The first kappa shape index (κ1) is 6.98. The second-order valence-corrected chi connectivity index (χ2v) is 3.76. The predicted molar refractivity (Wildman–Crippen MR) is 30.3 cm³/mol. The van der Waals surface area contributed by atoms with Gasteiger partial charge in [-0.2, -0.15) is 8.42 Å². The molecule has 1 rings (SSSR count). The third-order valence-corrected chi connectivity index (χ3v) is 2.33. The van der Waals surface area contributed by atoms with Crippen LogP contribution >= 0.6 is 0 Å². The zero-order valence-electron chi connectivity index (χ0n) is 4.69. The molecule has 1 atom stereocenters. The Kier molecular flexibility index (Phi) is 1.50. The fourth-order valence-electron chi connectivity index (χ4n) is 0.625. The summed E-state index contributed by atoms with van der Waals surface area (Å²) in [5.41, 5.74) is -1.54. The quantitative estimate of drug-likeness (QED) is 0.528. The molecule has 1 aliphatic rings. The maximum atomic E-state index is 10.1. The molecule has 0 spiro atoms. The SMILES string of the molecule is O=S(=O)(O)C(O)C1CC1. The highest BCUT2D eigenvalue weighted by atomic mass is 32.2. The van der Waals surface area contributed by atoms with Crippen molar-refractivity contribution in [1.29, 1.82) is 0 Å². The van der Waals surface area contributed by atoms with Crippen LogP contribution < -0.4 is 0 Å². The summed E-state index contributed by atoms with van der Waals surface area (Å²) in [5, 5.41) is 8.69. The van der Waals surface area contributed by atoms with E-state index in [9.17, 15) is 8.42 Å². The zero-order chi connectivity index (χ0) is 7.07. The first-order chi connectivity index (χ1) is 4.02. The highest BCUT2D eigenvalue weighted by Gasteiger charge is 2.37. The Morgan fingerprint density at radius 3 is 2.00 bits per heavy atom. The topological polar surface area (TPSA) is 74.6 Å². The molecule has 0 aromatic heterocycles. The van der Waals surface area contributed by atoms with Crippen LogP contribution in [-0.4, -0.2) is 23.5 Å². The molecule has 0 radical (unpaired) electrons. The van der Waals surface area contributed by atoms with Gasteiger partial charge in [-0.25, -0.2) is 0 Å². The Bertz CT molecular complexity index is 191. The maximum absolute atomic E-state index is 10.1. The van der Waals surface area contributed by atoms with Gasteiger partial charge in [0.1, 0.15) is 0 Å². The summed E-state index contributed by atoms with van der Waals surface area (Å²) < 4.78 is 28.5. The van der Waals surface area contributed by atoms with Crippen LogP contribution in [-0.2, 0) is 10.1 Å². The van der Waals surface area contributed by atoms with Gasteiger partial charge in [0, 0.05) is 5.92 Å². The van der Waals surface area contributed by atoms with Crippen molar-refractivity contribution in [2.75, 3.05) is 0 Å². The summed E-state index contributed by atoms with van der Waals surface area (Å²) in [6, 6.07) is 0. The molecule has 1 fully saturated rings. The number of aliphatic hydroxyl groups excluding tert-OH is 1. The molecule has 0 aromatic carbocycles. The highest BCUT2D eigenvalue weighted by Crippen LogP contribution is 2.34. The molecule has 4 nitrogen and oxygen atoms in total. The van der Waals surface area contributed by atoms with E-state index in [0.717, 1.165) is 0 Å². The fourth-order valence-corrected chi connectivity index (χ4v) is 1.38. The van der Waals surface area contributed by atoms with Gasteiger partial charge in [-0.3, -0.25) is 4.55 Å². The van der Waals surface area contributed by atoms with Crippen molar-refractivity contribution in [1.82, 2.24) is 0 Å². The van der Waals surface area contributed by atoms with E-state index in [2.05, 4.69) is 0 Å². The molecule has 9 heavy (non-hydrogen) atoms. The number of hydrogen-bond donors (Lipinski definition) is 2. The van der Waals surface area contributed by atoms with E-state index >= 15 is 0 Å². The van der Waals surface area contributed by atoms with Gasteiger partial charge in [0.25, 0.3) is 10.1 Å². The lowest BCUT2D eigenvalue weighted by Crippen LogP contribution is -2.21. The lowest BCUT2D eigenvalue weighted by molar-refractivity contribution is 0.212. The van der Waals surface area contributed by atoms with Crippen LogP contribution in [0.5, 0.6) is 0 Å². The monoisotopic (exact) mass is 152 g/mol. The zero-order valence-corrected chi connectivity index (χ0v) is 5.50. The average Bonchev–Trinajstić information content (AvgIpc) is 2.40. The molecular formula is C4H8O4S. The summed E-state index contributed by atoms with van der Waals surface area (Å²) in [5.74, 6) is -0.222. The lowest BCUT2D eigenvalue weighted by atomic mass is 10.5. The Labute approximate surface area is 53.3 Å². The number of rotatable bonds is 2. The van der Waals surface area contributed by atoms with Crippen LogP contribution in [0.15, 0.2) is 0 Å². The van der Waals surface area contributed by atoms with Crippen molar-refractivity contribution in [2.24, 2.45) is 5.92 Å². The third kappa shape index (κ3) is 1.64. The van der Waals surface area contributed by atoms with Crippen LogP contribution in [0, 0.1) is 5.92 Å². The molecule has 0 bridgehead atoms. The summed E-state index contributed by atoms with van der Waals surface area (Å²) in [6.45, 7) is 0. The Balaban J connectivity index is 2.61. The second kappa shape index (κ2) is 1.93. The second-order valence-electron chi connectivity index (χ2n) is 2.24. The van der Waals surface area contributed by atoms with E-state index in [1.54, 1.807) is 0 Å². The van der Waals surface area contributed by atoms with Crippen LogP contribution in [0.3, 0.4) is 0 Å². The molecule has 54 valence electrons. The smallest absolute Gasteiger partial charge is 0.292 e. The van der Waals surface area contributed by atoms with E-state index in [1.807, 2.05) is 0 Å². The minimum absolute atomic E-state index is 0.222. The van der Waals surface area contributed by atoms with E-state index in [-0.39, 0.29) is 5.92 Å². The molecule has 1 aliphatic carbocycles. The fraction of sp³-hybridized carbons (Fsp3) is 1.00. The molecule has 5 heteroatoms. The maximum Gasteiger partial charge on any atom is 0.292 e. The van der Waals surface area contributed by atoms with Crippen LogP contribution in [0.2, 0.25) is 0 Å². The minimum Gasteiger partial charge on any atom is -0.375 e. The Hall–Kier alpha value is -0.130. The first-order valence-electron chi connectivity index (χ1n) is 2.66. The van der Waals surface area contributed by atoms with E-state index in [0.29, 0.717) is 12.8 Å². The third-order valence-electron chi connectivity index (χ3n) is 1.33. The van der Waals surface area contributed by atoms with Crippen LogP contribution in [0.25, 0.3) is 0 Å². The Morgan fingerprint density at radius 1 is 1.44 bits per heavy atom. The van der Waals surface area contributed by atoms with Crippen molar-refractivity contribution in [2.45, 2.75) is 18.3 Å². The molecule has 0 heterocycles. The minimum atomic E-state index is -4.18. The predicted octanol–water partition coefficient (Wildman–Crippen LogP) is -0.397. The summed E-state index contributed by atoms with van der Waals surface area (Å²) in [4.78, 5) is 0. The summed E-state index contributed by atoms with van der Waals surface area (Å²) in [6.07, 6.45) is 1.39. The van der Waals surface area contributed by atoms with Gasteiger partial charge in [0.05, 0.1) is 0 Å². The van der Waals surface area contributed by atoms with Gasteiger partial charge in [0.2, 0.25) is 0 Å². The van der Waals surface area contributed by atoms with Crippen molar-refractivity contribution >= 4 is 10.1 Å². The standard InChI is InChI=1S/C4H8O4S/c5-4(3-1-2-3)9(6,7)8/h3-5H,1-2H2,(H,6,7,8). The molecule has 1 saturated carbocycles. The van der Waals surface area contributed by atoms with E-state index in [1.165, 1.54) is 0 Å². The normalized spacial score (nSPS) is 23.8. The molecular weight excluding hydrogens is 144 g/mol. The molecule has 0 amide bonds. The van der Waals surface area contributed by atoms with Crippen molar-refractivity contribution in [3.05, 3.63) is 0 Å². The van der Waals surface area contributed by atoms with E-state index in [4.69, 9.17) is 9.66 Å². The first-order valence-corrected chi connectivity index (χ1v) is 4.16. The molecule has 0 saturated heterocycles. The largest absolute Gasteiger partial charge is 0.375 e. The van der Waals surface area contributed by atoms with Crippen LogP contribution in [0.4, 0.5) is 0 Å². The van der Waals surface area contributed by atoms with Gasteiger partial charge in [-0.1, -0.05) is 0 Å². The summed E-state index contributed by atoms with van der Waals surface area (Å²) in [7, 11) is -4.18. The summed E-state index contributed by atoms with van der Waals surface area (Å²) >= 11 is 0. The molecule has 1 unspecified atom stereocenters. The van der Waals surface area contributed by atoms with Crippen LogP contribution in [0.1, 0.15) is 12.8 Å². The molecule has 0 aliphatic heterocycles. The van der Waals surface area contributed by atoms with Crippen molar-refractivity contribution in [3.8, 4) is 0 Å². The molecule has 2 N–H and O–H groups in total. The van der Waals surface area contributed by atoms with Gasteiger partial charge in [-0.15, -0.1) is 0 Å². The molecule has 0 aromatic rings. The van der Waals surface area contributed by atoms with Gasteiger partial charge in [0.15, 0.2) is 5.44 Å². The average molecular weight is 152 g/mol. The van der Waals surface area contributed by atoms with E-state index < -0.39 is 15.6 Å². The van der Waals surface area contributed by atoms with Gasteiger partial charge in [-0.05, 0) is 12.8 Å². The van der Waals surface area contributed by atoms with Crippen molar-refractivity contribution < 1.29 is 18.1 Å². The number of aliphatic hydroxyl groups is 1.